The van der Waals surface area contributed by atoms with Crippen molar-refractivity contribution in [3.63, 3.8) is 0 Å². The number of aromatic amines is 1. The molecule has 27 heavy (non-hydrogen) atoms. The molecule has 3 rings (SSSR count). The zero-order valence-electron chi connectivity index (χ0n) is 14.4. The van der Waals surface area contributed by atoms with Crippen molar-refractivity contribution in [2.24, 2.45) is 0 Å². The lowest BCUT2D eigenvalue weighted by Crippen LogP contribution is -2.24. The van der Waals surface area contributed by atoms with Gasteiger partial charge in [0.05, 0.1) is 4.90 Å². The summed E-state index contributed by atoms with van der Waals surface area (Å²) in [5, 5.41) is 12.7. The standard InChI is InChI=1S/C19H16N4O3S/c1-27(25,26)17-7-3-2-5-13(17)11-23-19(24)14(10-20)9-15-12-22-18-16(15)6-4-8-21-18/h2-9,12H,11H2,1H3,(H,21,22)(H,23,24)/b14-9+. The van der Waals surface area contributed by atoms with Gasteiger partial charge in [0.15, 0.2) is 9.84 Å². The fourth-order valence-corrected chi connectivity index (χ4v) is 3.63. The lowest BCUT2D eigenvalue weighted by molar-refractivity contribution is -0.117. The van der Waals surface area contributed by atoms with Crippen molar-refractivity contribution in [2.45, 2.75) is 11.4 Å². The van der Waals surface area contributed by atoms with Crippen LogP contribution in [0.4, 0.5) is 0 Å². The van der Waals surface area contributed by atoms with Crippen molar-refractivity contribution in [3.05, 3.63) is 65.5 Å². The van der Waals surface area contributed by atoms with E-state index in [9.17, 15) is 18.5 Å². The van der Waals surface area contributed by atoms with Crippen LogP contribution in [0.5, 0.6) is 0 Å². The maximum atomic E-state index is 12.4. The second-order valence-electron chi connectivity index (χ2n) is 5.88. The first-order valence-corrected chi connectivity index (χ1v) is 9.89. The number of pyridine rings is 1. The molecule has 0 fully saturated rings. The zero-order valence-corrected chi connectivity index (χ0v) is 15.2. The van der Waals surface area contributed by atoms with E-state index >= 15 is 0 Å². The van der Waals surface area contributed by atoms with E-state index in [0.29, 0.717) is 16.8 Å². The normalized spacial score (nSPS) is 11.9. The summed E-state index contributed by atoms with van der Waals surface area (Å²) in [6.45, 7) is -0.00344. The summed E-state index contributed by atoms with van der Waals surface area (Å²) in [6, 6.07) is 11.9. The fraction of sp³-hybridized carbons (Fsp3) is 0.105. The molecular formula is C19H16N4O3S. The maximum absolute atomic E-state index is 12.4. The van der Waals surface area contributed by atoms with Crippen molar-refractivity contribution in [1.29, 1.82) is 5.26 Å². The van der Waals surface area contributed by atoms with E-state index in [1.165, 1.54) is 12.1 Å². The van der Waals surface area contributed by atoms with Gasteiger partial charge in [-0.25, -0.2) is 13.4 Å². The Balaban J connectivity index is 1.82. The molecule has 0 atom stereocenters. The molecule has 0 bridgehead atoms. The number of aromatic nitrogens is 2. The first-order valence-electron chi connectivity index (χ1n) is 8.00. The highest BCUT2D eigenvalue weighted by atomic mass is 32.2. The van der Waals surface area contributed by atoms with Gasteiger partial charge in [0, 0.05) is 36.1 Å². The third-order valence-electron chi connectivity index (χ3n) is 3.96. The van der Waals surface area contributed by atoms with Crippen LogP contribution in [0.2, 0.25) is 0 Å². The molecule has 2 heterocycles. The zero-order chi connectivity index (χ0) is 19.4. The SMILES string of the molecule is CS(=O)(=O)c1ccccc1CNC(=O)/C(C#N)=C/c1c[nH]c2ncccc12. The molecule has 0 unspecified atom stereocenters. The molecule has 7 nitrogen and oxygen atoms in total. The van der Waals surface area contributed by atoms with Gasteiger partial charge in [-0.1, -0.05) is 18.2 Å². The predicted molar refractivity (Wildman–Crippen MR) is 101 cm³/mol. The Morgan fingerprint density at radius 3 is 2.81 bits per heavy atom. The number of fused-ring (bicyclic) bond motifs is 1. The van der Waals surface area contributed by atoms with Crippen LogP contribution in [0.25, 0.3) is 17.1 Å². The number of nitrogens with zero attached hydrogens (tertiary/aromatic N) is 2. The summed E-state index contributed by atoms with van der Waals surface area (Å²) in [6.07, 6.45) is 5.89. The van der Waals surface area contributed by atoms with Crippen molar-refractivity contribution < 1.29 is 13.2 Å². The summed E-state index contributed by atoms with van der Waals surface area (Å²) in [4.78, 5) is 19.7. The van der Waals surface area contributed by atoms with Crippen LogP contribution in [-0.2, 0) is 21.2 Å². The number of nitriles is 1. The van der Waals surface area contributed by atoms with Crippen molar-refractivity contribution in [1.82, 2.24) is 15.3 Å². The first kappa shape index (κ1) is 18.4. The molecule has 0 saturated heterocycles. The number of carbonyl (C=O) groups is 1. The van der Waals surface area contributed by atoms with Crippen LogP contribution in [0.1, 0.15) is 11.1 Å². The monoisotopic (exact) mass is 380 g/mol. The summed E-state index contributed by atoms with van der Waals surface area (Å²) >= 11 is 0. The minimum Gasteiger partial charge on any atom is -0.347 e. The van der Waals surface area contributed by atoms with Gasteiger partial charge in [-0.05, 0) is 29.8 Å². The molecule has 0 radical (unpaired) electrons. The van der Waals surface area contributed by atoms with Crippen molar-refractivity contribution >= 4 is 32.9 Å². The number of H-pyrrole nitrogens is 1. The third kappa shape index (κ3) is 4.04. The Kier molecular flexibility index (Phi) is 5.05. The second-order valence-corrected chi connectivity index (χ2v) is 7.86. The van der Waals surface area contributed by atoms with Crippen LogP contribution in [0.3, 0.4) is 0 Å². The van der Waals surface area contributed by atoms with Gasteiger partial charge in [-0.2, -0.15) is 5.26 Å². The number of rotatable bonds is 5. The second kappa shape index (κ2) is 7.43. The van der Waals surface area contributed by atoms with Gasteiger partial charge >= 0.3 is 0 Å². The lowest BCUT2D eigenvalue weighted by atomic mass is 10.1. The van der Waals surface area contributed by atoms with Gasteiger partial charge in [-0.3, -0.25) is 4.79 Å². The molecule has 0 aliphatic heterocycles. The molecule has 0 spiro atoms. The molecule has 0 saturated carbocycles. The number of sulfone groups is 1. The first-order chi connectivity index (χ1) is 12.9. The highest BCUT2D eigenvalue weighted by molar-refractivity contribution is 7.90. The molecule has 8 heteroatoms. The minimum absolute atomic E-state index is 0.00344. The van der Waals surface area contributed by atoms with Gasteiger partial charge in [-0.15, -0.1) is 0 Å². The average molecular weight is 380 g/mol. The molecule has 136 valence electrons. The largest absolute Gasteiger partial charge is 0.347 e. The summed E-state index contributed by atoms with van der Waals surface area (Å²) in [5.41, 5.74) is 1.70. The van der Waals surface area contributed by atoms with Gasteiger partial charge < -0.3 is 10.3 Å². The number of hydrogen-bond donors (Lipinski definition) is 2. The fourth-order valence-electron chi connectivity index (χ4n) is 2.68. The van der Waals surface area contributed by atoms with E-state index in [2.05, 4.69) is 15.3 Å². The lowest BCUT2D eigenvalue weighted by Gasteiger charge is -2.09. The Labute approximate surface area is 156 Å². The summed E-state index contributed by atoms with van der Waals surface area (Å²) in [5.74, 6) is -0.584. The van der Waals surface area contributed by atoms with Crippen LogP contribution in [-0.4, -0.2) is 30.5 Å². The topological polar surface area (TPSA) is 116 Å². The van der Waals surface area contributed by atoms with Crippen LogP contribution >= 0.6 is 0 Å². The van der Waals surface area contributed by atoms with E-state index in [1.54, 1.807) is 36.7 Å². The number of amides is 1. The molecular weight excluding hydrogens is 364 g/mol. The summed E-state index contributed by atoms with van der Waals surface area (Å²) < 4.78 is 23.7. The van der Waals surface area contributed by atoms with E-state index in [0.717, 1.165) is 11.6 Å². The smallest absolute Gasteiger partial charge is 0.262 e. The highest BCUT2D eigenvalue weighted by Crippen LogP contribution is 2.19. The molecule has 3 aromatic rings. The average Bonchev–Trinajstić information content (AvgIpc) is 3.06. The molecule has 2 aromatic heterocycles. The molecule has 2 N–H and O–H groups in total. The molecule has 0 aliphatic rings. The maximum Gasteiger partial charge on any atom is 0.262 e. The van der Waals surface area contributed by atoms with E-state index in [4.69, 9.17) is 0 Å². The number of benzene rings is 1. The Morgan fingerprint density at radius 2 is 2.07 bits per heavy atom. The van der Waals surface area contributed by atoms with Crippen molar-refractivity contribution in [2.75, 3.05) is 6.26 Å². The Bertz CT molecular complexity index is 1190. The third-order valence-corrected chi connectivity index (χ3v) is 5.16. The number of nitrogens with one attached hydrogen (secondary N) is 2. The van der Waals surface area contributed by atoms with Gasteiger partial charge in [0.1, 0.15) is 17.3 Å². The Morgan fingerprint density at radius 1 is 1.30 bits per heavy atom. The molecule has 1 aromatic carbocycles. The van der Waals surface area contributed by atoms with Crippen LogP contribution in [0, 0.1) is 11.3 Å². The van der Waals surface area contributed by atoms with Crippen LogP contribution in [0.15, 0.2) is 59.3 Å². The number of carbonyl (C=O) groups excluding carboxylic acids is 1. The quantitative estimate of drug-likeness (QED) is 0.520. The molecule has 0 aliphatic carbocycles. The molecule has 1 amide bonds. The van der Waals surface area contributed by atoms with E-state index < -0.39 is 15.7 Å². The van der Waals surface area contributed by atoms with E-state index in [1.807, 2.05) is 12.1 Å². The van der Waals surface area contributed by atoms with Gasteiger partial charge in [0.2, 0.25) is 0 Å². The highest BCUT2D eigenvalue weighted by Gasteiger charge is 2.15. The van der Waals surface area contributed by atoms with Crippen molar-refractivity contribution in [3.8, 4) is 6.07 Å². The predicted octanol–water partition coefficient (Wildman–Crippen LogP) is 2.19. The minimum atomic E-state index is -3.41. The van der Waals surface area contributed by atoms with Gasteiger partial charge in [0.25, 0.3) is 5.91 Å². The summed E-state index contributed by atoms with van der Waals surface area (Å²) in [7, 11) is -3.41. The van der Waals surface area contributed by atoms with Crippen LogP contribution < -0.4 is 5.32 Å². The van der Waals surface area contributed by atoms with E-state index in [-0.39, 0.29) is 17.0 Å². The Hall–Kier alpha value is -3.44. The number of hydrogen-bond acceptors (Lipinski definition) is 5.